The lowest BCUT2D eigenvalue weighted by molar-refractivity contribution is 0.355. The molecule has 0 saturated carbocycles. The highest BCUT2D eigenvalue weighted by molar-refractivity contribution is 5.65. The van der Waals surface area contributed by atoms with Gasteiger partial charge in [-0.05, 0) is 37.3 Å². The topological polar surface area (TPSA) is 79.5 Å². The fourth-order valence-electron chi connectivity index (χ4n) is 2.28. The molecule has 0 spiro atoms. The van der Waals surface area contributed by atoms with E-state index in [9.17, 15) is 0 Å². The van der Waals surface area contributed by atoms with Crippen LogP contribution in [-0.4, -0.2) is 36.5 Å². The highest BCUT2D eigenvalue weighted by Gasteiger charge is 2.17. The van der Waals surface area contributed by atoms with Gasteiger partial charge in [0.2, 0.25) is 11.7 Å². The highest BCUT2D eigenvalue weighted by atomic mass is 16.5. The summed E-state index contributed by atoms with van der Waals surface area (Å²) in [7, 11) is 4.71. The Labute approximate surface area is 139 Å². The standard InChI is InChI=1S/C17H17N3O4/c1-10-5-7-12(17(18-10)23-4)15-19-16(24-20-15)11-6-8-13(21-2)14(9-11)22-3/h5-9H,1-4H3. The van der Waals surface area contributed by atoms with E-state index in [0.29, 0.717) is 34.7 Å². The Morgan fingerprint density at radius 1 is 0.875 bits per heavy atom. The zero-order valence-corrected chi connectivity index (χ0v) is 13.9. The van der Waals surface area contributed by atoms with Crippen molar-refractivity contribution >= 4 is 0 Å². The van der Waals surface area contributed by atoms with Gasteiger partial charge in [0, 0.05) is 11.3 Å². The zero-order chi connectivity index (χ0) is 17.1. The van der Waals surface area contributed by atoms with E-state index < -0.39 is 0 Å². The number of methoxy groups -OCH3 is 3. The minimum absolute atomic E-state index is 0.369. The molecule has 2 heterocycles. The largest absolute Gasteiger partial charge is 0.493 e. The van der Waals surface area contributed by atoms with Crippen LogP contribution in [0.4, 0.5) is 0 Å². The first-order chi connectivity index (χ1) is 11.7. The summed E-state index contributed by atoms with van der Waals surface area (Å²) in [5.41, 5.74) is 2.24. The third-order valence-corrected chi connectivity index (χ3v) is 3.49. The molecule has 0 aliphatic rings. The third-order valence-electron chi connectivity index (χ3n) is 3.49. The maximum absolute atomic E-state index is 5.37. The molecule has 0 unspecified atom stereocenters. The van der Waals surface area contributed by atoms with E-state index in [-0.39, 0.29) is 0 Å². The lowest BCUT2D eigenvalue weighted by Gasteiger charge is -2.07. The number of pyridine rings is 1. The molecule has 124 valence electrons. The van der Waals surface area contributed by atoms with Crippen molar-refractivity contribution in [1.82, 2.24) is 15.1 Å². The fourth-order valence-corrected chi connectivity index (χ4v) is 2.28. The van der Waals surface area contributed by atoms with Crippen LogP contribution in [0.5, 0.6) is 17.4 Å². The summed E-state index contributed by atoms with van der Waals surface area (Å²) in [6, 6.07) is 9.10. The molecule has 3 rings (SSSR count). The number of ether oxygens (including phenoxy) is 3. The van der Waals surface area contributed by atoms with E-state index in [2.05, 4.69) is 15.1 Å². The van der Waals surface area contributed by atoms with Crippen LogP contribution in [0.3, 0.4) is 0 Å². The van der Waals surface area contributed by atoms with Crippen molar-refractivity contribution in [2.45, 2.75) is 6.92 Å². The molecule has 3 aromatic rings. The Morgan fingerprint density at radius 3 is 2.38 bits per heavy atom. The van der Waals surface area contributed by atoms with Crippen molar-refractivity contribution in [3.63, 3.8) is 0 Å². The van der Waals surface area contributed by atoms with Gasteiger partial charge in [0.15, 0.2) is 11.5 Å². The van der Waals surface area contributed by atoms with Crippen LogP contribution in [-0.2, 0) is 0 Å². The van der Waals surface area contributed by atoms with Gasteiger partial charge in [-0.3, -0.25) is 0 Å². The SMILES string of the molecule is COc1ccc(-c2nc(-c3ccc(C)nc3OC)no2)cc1OC. The Hall–Kier alpha value is -3.09. The lowest BCUT2D eigenvalue weighted by atomic mass is 10.2. The van der Waals surface area contributed by atoms with Crippen LogP contribution in [0, 0.1) is 6.92 Å². The quantitative estimate of drug-likeness (QED) is 0.712. The summed E-state index contributed by atoms with van der Waals surface area (Å²) in [6.45, 7) is 1.89. The third kappa shape index (κ3) is 2.88. The van der Waals surface area contributed by atoms with E-state index in [1.165, 1.54) is 0 Å². The maximum Gasteiger partial charge on any atom is 0.258 e. The summed E-state index contributed by atoms with van der Waals surface area (Å²) in [6.07, 6.45) is 0. The van der Waals surface area contributed by atoms with E-state index in [1.54, 1.807) is 33.5 Å². The van der Waals surface area contributed by atoms with Crippen LogP contribution in [0.1, 0.15) is 5.69 Å². The van der Waals surface area contributed by atoms with Crippen molar-refractivity contribution < 1.29 is 18.7 Å². The molecule has 0 amide bonds. The number of hydrogen-bond acceptors (Lipinski definition) is 7. The molecule has 7 nitrogen and oxygen atoms in total. The van der Waals surface area contributed by atoms with Gasteiger partial charge in [-0.1, -0.05) is 5.16 Å². The summed E-state index contributed by atoms with van der Waals surface area (Å²) in [4.78, 5) is 8.75. The smallest absolute Gasteiger partial charge is 0.258 e. The maximum atomic E-state index is 5.37. The van der Waals surface area contributed by atoms with Gasteiger partial charge < -0.3 is 18.7 Å². The summed E-state index contributed by atoms with van der Waals surface area (Å²) in [5, 5.41) is 4.02. The van der Waals surface area contributed by atoms with Gasteiger partial charge >= 0.3 is 0 Å². The monoisotopic (exact) mass is 327 g/mol. The molecule has 0 atom stereocenters. The first-order valence-corrected chi connectivity index (χ1v) is 7.24. The number of benzene rings is 1. The Balaban J connectivity index is 2.00. The van der Waals surface area contributed by atoms with Gasteiger partial charge in [-0.25, -0.2) is 4.98 Å². The molecule has 0 aliphatic heterocycles. The average Bonchev–Trinajstić information content (AvgIpc) is 3.10. The molecule has 0 N–H and O–H groups in total. The predicted octanol–water partition coefficient (Wildman–Crippen LogP) is 3.13. The van der Waals surface area contributed by atoms with Crippen molar-refractivity contribution in [1.29, 1.82) is 0 Å². The van der Waals surface area contributed by atoms with Gasteiger partial charge in [0.1, 0.15) is 0 Å². The molecule has 24 heavy (non-hydrogen) atoms. The number of nitrogens with zero attached hydrogens (tertiary/aromatic N) is 3. The van der Waals surface area contributed by atoms with Crippen LogP contribution < -0.4 is 14.2 Å². The van der Waals surface area contributed by atoms with E-state index in [0.717, 1.165) is 11.3 Å². The van der Waals surface area contributed by atoms with Crippen molar-refractivity contribution in [3.05, 3.63) is 36.0 Å². The molecule has 7 heteroatoms. The Bertz CT molecular complexity index is 861. The van der Waals surface area contributed by atoms with Gasteiger partial charge in [-0.15, -0.1) is 0 Å². The first-order valence-electron chi connectivity index (χ1n) is 7.24. The molecule has 0 aliphatic carbocycles. The molecule has 1 aromatic carbocycles. The van der Waals surface area contributed by atoms with Crippen molar-refractivity contribution in [2.24, 2.45) is 0 Å². The molecule has 0 radical (unpaired) electrons. The van der Waals surface area contributed by atoms with Crippen LogP contribution in [0.25, 0.3) is 22.8 Å². The van der Waals surface area contributed by atoms with Crippen LogP contribution in [0.2, 0.25) is 0 Å². The van der Waals surface area contributed by atoms with Crippen molar-refractivity contribution in [3.8, 4) is 40.2 Å². The molecule has 0 fully saturated rings. The number of aromatic nitrogens is 3. The van der Waals surface area contributed by atoms with Gasteiger partial charge in [-0.2, -0.15) is 4.98 Å². The number of aryl methyl sites for hydroxylation is 1. The predicted molar refractivity (Wildman–Crippen MR) is 87.4 cm³/mol. The number of rotatable bonds is 5. The zero-order valence-electron chi connectivity index (χ0n) is 13.9. The fraction of sp³-hybridized carbons (Fsp3) is 0.235. The Kier molecular flexibility index (Phi) is 4.33. The second-order valence-corrected chi connectivity index (χ2v) is 5.00. The number of hydrogen-bond donors (Lipinski definition) is 0. The van der Waals surface area contributed by atoms with Crippen LogP contribution >= 0.6 is 0 Å². The second-order valence-electron chi connectivity index (χ2n) is 5.00. The van der Waals surface area contributed by atoms with Gasteiger partial charge in [0.25, 0.3) is 5.89 Å². The summed E-state index contributed by atoms with van der Waals surface area (Å²) < 4.78 is 21.2. The molecular formula is C17H17N3O4. The normalized spacial score (nSPS) is 10.5. The lowest BCUT2D eigenvalue weighted by Crippen LogP contribution is -1.94. The van der Waals surface area contributed by atoms with Crippen molar-refractivity contribution in [2.75, 3.05) is 21.3 Å². The van der Waals surface area contributed by atoms with E-state index in [1.807, 2.05) is 25.1 Å². The molecule has 2 aromatic heterocycles. The van der Waals surface area contributed by atoms with Crippen LogP contribution in [0.15, 0.2) is 34.9 Å². The molecule has 0 saturated heterocycles. The van der Waals surface area contributed by atoms with E-state index >= 15 is 0 Å². The minimum atomic E-state index is 0.369. The summed E-state index contributed by atoms with van der Waals surface area (Å²) >= 11 is 0. The first kappa shape index (κ1) is 15.8. The highest BCUT2D eigenvalue weighted by Crippen LogP contribution is 2.33. The molecule has 0 bridgehead atoms. The minimum Gasteiger partial charge on any atom is -0.493 e. The molecular weight excluding hydrogens is 310 g/mol. The van der Waals surface area contributed by atoms with Gasteiger partial charge in [0.05, 0.1) is 26.9 Å². The average molecular weight is 327 g/mol. The Morgan fingerprint density at radius 2 is 1.67 bits per heavy atom. The second kappa shape index (κ2) is 6.57. The summed E-state index contributed by atoms with van der Waals surface area (Å²) in [5.74, 6) is 2.45. The van der Waals surface area contributed by atoms with E-state index in [4.69, 9.17) is 18.7 Å².